The highest BCUT2D eigenvalue weighted by atomic mass is 32.2. The van der Waals surface area contributed by atoms with Crippen molar-refractivity contribution in [3.05, 3.63) is 97.4 Å². The van der Waals surface area contributed by atoms with Gasteiger partial charge in [0.1, 0.15) is 10.6 Å². The molecule has 6 rings (SSSR count). The second-order valence-corrected chi connectivity index (χ2v) is 13.7. The van der Waals surface area contributed by atoms with Gasteiger partial charge in [0.2, 0.25) is 0 Å². The molecule has 3 heterocycles. The van der Waals surface area contributed by atoms with E-state index in [0.29, 0.717) is 16.1 Å². The Kier molecular flexibility index (Phi) is 8.24. The molecule has 44 heavy (non-hydrogen) atoms. The largest absolute Gasteiger partial charge is 0.435 e. The summed E-state index contributed by atoms with van der Waals surface area (Å²) in [6, 6.07) is 14.2. The van der Waals surface area contributed by atoms with Crippen LogP contribution < -0.4 is 10.3 Å². The van der Waals surface area contributed by atoms with E-state index in [1.807, 2.05) is 57.4 Å². The standard InChI is InChI=1S/C34H33F2N3O3S2/c1-18-10-15-27(19(2)16-18)39-32(41)29-25-8-6-7-9-28(25)44-31(29)37-34(39)43-22(5)30(40)26-17-20(3)38(21(26)4)23-11-13-24(14-12-23)42-33(35)36/h10-17,22,33H,6-9H2,1-5H3/t22-/m1/s1. The highest BCUT2D eigenvalue weighted by Gasteiger charge is 2.27. The minimum atomic E-state index is -2.90. The maximum Gasteiger partial charge on any atom is 0.387 e. The molecule has 1 atom stereocenters. The number of Topliss-reactive ketones (excluding diaryl/α,β-unsaturated/α-hetero) is 1. The van der Waals surface area contributed by atoms with Crippen molar-refractivity contribution in [2.45, 2.75) is 77.3 Å². The first kappa shape index (κ1) is 30.3. The predicted molar refractivity (Wildman–Crippen MR) is 173 cm³/mol. The van der Waals surface area contributed by atoms with Crippen LogP contribution in [0, 0.1) is 27.7 Å². The average Bonchev–Trinajstić information content (AvgIpc) is 3.50. The van der Waals surface area contributed by atoms with E-state index < -0.39 is 11.9 Å². The number of carbonyl (C=O) groups excluding carboxylic acids is 1. The zero-order chi connectivity index (χ0) is 31.3. The molecule has 0 radical (unpaired) electrons. The number of thiophene rings is 1. The van der Waals surface area contributed by atoms with Crippen LogP contribution in [0.1, 0.15) is 63.1 Å². The summed E-state index contributed by atoms with van der Waals surface area (Å²) in [6.45, 7) is 6.73. The van der Waals surface area contributed by atoms with E-state index in [0.717, 1.165) is 70.0 Å². The molecular formula is C34H33F2N3O3S2. The lowest BCUT2D eigenvalue weighted by Gasteiger charge is -2.18. The smallest absolute Gasteiger partial charge is 0.387 e. The fourth-order valence-electron chi connectivity index (χ4n) is 6.15. The van der Waals surface area contributed by atoms with E-state index in [1.165, 1.54) is 28.8 Å². The maximum atomic E-state index is 14.3. The Balaban J connectivity index is 1.38. The third-order valence-electron chi connectivity index (χ3n) is 8.22. The molecule has 0 unspecified atom stereocenters. The number of benzene rings is 2. The Morgan fingerprint density at radius 2 is 1.73 bits per heavy atom. The van der Waals surface area contributed by atoms with Crippen molar-refractivity contribution in [3.63, 3.8) is 0 Å². The van der Waals surface area contributed by atoms with Crippen LogP contribution in [0.4, 0.5) is 8.78 Å². The molecule has 10 heteroatoms. The summed E-state index contributed by atoms with van der Waals surface area (Å²) in [5.74, 6) is -0.0162. The Bertz CT molecular complexity index is 1960. The number of ether oxygens (including phenoxy) is 1. The zero-order valence-corrected chi connectivity index (χ0v) is 26.9. The van der Waals surface area contributed by atoms with Gasteiger partial charge in [-0.25, -0.2) is 4.98 Å². The lowest BCUT2D eigenvalue weighted by Crippen LogP contribution is -2.25. The minimum Gasteiger partial charge on any atom is -0.435 e. The first-order valence-corrected chi connectivity index (χ1v) is 16.3. The van der Waals surface area contributed by atoms with Gasteiger partial charge < -0.3 is 9.30 Å². The topological polar surface area (TPSA) is 66.1 Å². The van der Waals surface area contributed by atoms with Crippen molar-refractivity contribution in [1.29, 1.82) is 0 Å². The fraction of sp³-hybridized carbons (Fsp3) is 0.324. The number of alkyl halides is 2. The van der Waals surface area contributed by atoms with Gasteiger partial charge in [-0.15, -0.1) is 11.3 Å². The van der Waals surface area contributed by atoms with E-state index in [4.69, 9.17) is 4.98 Å². The van der Waals surface area contributed by atoms with E-state index in [1.54, 1.807) is 28.0 Å². The molecular weight excluding hydrogens is 601 g/mol. The van der Waals surface area contributed by atoms with Gasteiger partial charge in [-0.05, 0) is 108 Å². The summed E-state index contributed by atoms with van der Waals surface area (Å²) in [7, 11) is 0. The molecule has 1 aliphatic carbocycles. The Labute approximate surface area is 262 Å². The number of hydrogen-bond donors (Lipinski definition) is 0. The van der Waals surface area contributed by atoms with E-state index in [2.05, 4.69) is 10.8 Å². The van der Waals surface area contributed by atoms with Crippen LogP contribution in [0.2, 0.25) is 0 Å². The minimum absolute atomic E-state index is 0.0680. The number of aromatic nitrogens is 3. The number of ketones is 1. The third-order valence-corrected chi connectivity index (χ3v) is 10.5. The van der Waals surface area contributed by atoms with Crippen molar-refractivity contribution in [2.24, 2.45) is 0 Å². The molecule has 0 fully saturated rings. The SMILES string of the molecule is Cc1ccc(-n2c(S[C@H](C)C(=O)c3cc(C)n(-c4ccc(OC(F)F)cc4)c3C)nc3sc4c(c3c2=O)CCCC4)c(C)c1. The fourth-order valence-corrected chi connectivity index (χ4v) is 8.44. The van der Waals surface area contributed by atoms with Crippen molar-refractivity contribution in [1.82, 2.24) is 14.1 Å². The molecule has 2 aromatic carbocycles. The van der Waals surface area contributed by atoms with Crippen molar-refractivity contribution in [3.8, 4) is 17.1 Å². The van der Waals surface area contributed by atoms with Crippen molar-refractivity contribution < 1.29 is 18.3 Å². The van der Waals surface area contributed by atoms with Gasteiger partial charge in [-0.2, -0.15) is 8.78 Å². The molecule has 6 nitrogen and oxygen atoms in total. The molecule has 5 aromatic rings. The summed E-state index contributed by atoms with van der Waals surface area (Å²) < 4.78 is 33.3. The summed E-state index contributed by atoms with van der Waals surface area (Å²) in [6.07, 6.45) is 4.03. The van der Waals surface area contributed by atoms with Gasteiger partial charge in [-0.1, -0.05) is 29.5 Å². The number of nitrogens with zero attached hydrogens (tertiary/aromatic N) is 3. The van der Waals surface area contributed by atoms with Gasteiger partial charge in [0, 0.05) is 27.5 Å². The second-order valence-electron chi connectivity index (χ2n) is 11.3. The van der Waals surface area contributed by atoms with Crippen LogP contribution in [-0.4, -0.2) is 31.8 Å². The summed E-state index contributed by atoms with van der Waals surface area (Å²) in [5.41, 5.74) is 6.75. The van der Waals surface area contributed by atoms with Crippen LogP contribution >= 0.6 is 23.1 Å². The van der Waals surface area contributed by atoms with Gasteiger partial charge in [-0.3, -0.25) is 14.2 Å². The number of aryl methyl sites for hydroxylation is 5. The maximum absolute atomic E-state index is 14.3. The van der Waals surface area contributed by atoms with Gasteiger partial charge in [0.15, 0.2) is 10.9 Å². The molecule has 0 amide bonds. The first-order chi connectivity index (χ1) is 21.0. The van der Waals surface area contributed by atoms with Gasteiger partial charge >= 0.3 is 6.61 Å². The number of rotatable bonds is 8. The average molecular weight is 634 g/mol. The van der Waals surface area contributed by atoms with Crippen LogP contribution in [0.15, 0.2) is 58.5 Å². The van der Waals surface area contributed by atoms with Gasteiger partial charge in [0.05, 0.1) is 16.3 Å². The zero-order valence-electron chi connectivity index (χ0n) is 25.2. The van der Waals surface area contributed by atoms with Crippen LogP contribution in [0.3, 0.4) is 0 Å². The molecule has 1 aliphatic rings. The molecule has 0 saturated carbocycles. The monoisotopic (exact) mass is 633 g/mol. The summed E-state index contributed by atoms with van der Waals surface area (Å²) in [4.78, 5) is 35.2. The van der Waals surface area contributed by atoms with Crippen LogP contribution in [0.25, 0.3) is 21.6 Å². The number of thioether (sulfide) groups is 1. The van der Waals surface area contributed by atoms with E-state index in [-0.39, 0.29) is 17.1 Å². The molecule has 0 N–H and O–H groups in total. The second kappa shape index (κ2) is 12.0. The number of fused-ring (bicyclic) bond motifs is 3. The number of carbonyl (C=O) groups is 1. The highest BCUT2D eigenvalue weighted by Crippen LogP contribution is 2.37. The molecule has 0 bridgehead atoms. The van der Waals surface area contributed by atoms with Crippen LogP contribution in [-0.2, 0) is 12.8 Å². The Morgan fingerprint density at radius 3 is 2.43 bits per heavy atom. The van der Waals surface area contributed by atoms with Crippen molar-refractivity contribution >= 4 is 39.1 Å². The lowest BCUT2D eigenvalue weighted by atomic mass is 9.97. The number of hydrogen-bond acceptors (Lipinski definition) is 6. The van der Waals surface area contributed by atoms with Crippen molar-refractivity contribution in [2.75, 3.05) is 0 Å². The molecule has 0 aliphatic heterocycles. The molecule has 3 aromatic heterocycles. The highest BCUT2D eigenvalue weighted by molar-refractivity contribution is 8.00. The Morgan fingerprint density at radius 1 is 1.00 bits per heavy atom. The predicted octanol–water partition coefficient (Wildman–Crippen LogP) is 8.32. The first-order valence-electron chi connectivity index (χ1n) is 14.6. The summed E-state index contributed by atoms with van der Waals surface area (Å²) in [5, 5.41) is 0.667. The third kappa shape index (κ3) is 5.49. The normalized spacial score (nSPS) is 13.8. The number of halogens is 2. The molecule has 0 spiro atoms. The summed E-state index contributed by atoms with van der Waals surface area (Å²) >= 11 is 2.90. The van der Waals surface area contributed by atoms with E-state index in [9.17, 15) is 18.4 Å². The molecule has 228 valence electrons. The lowest BCUT2D eigenvalue weighted by molar-refractivity contribution is -0.0498. The van der Waals surface area contributed by atoms with E-state index >= 15 is 0 Å². The quantitative estimate of drug-likeness (QED) is 0.0977. The molecule has 0 saturated heterocycles. The Hall–Kier alpha value is -3.76. The van der Waals surface area contributed by atoms with Gasteiger partial charge in [0.25, 0.3) is 5.56 Å². The van der Waals surface area contributed by atoms with Crippen LogP contribution in [0.5, 0.6) is 5.75 Å².